The average molecular weight is 672 g/mol. The van der Waals surface area contributed by atoms with Crippen LogP contribution < -0.4 is 4.90 Å². The van der Waals surface area contributed by atoms with Crippen LogP contribution in [0, 0.1) is 0 Å². The van der Waals surface area contributed by atoms with Gasteiger partial charge in [-0.05, 0) is 71.8 Å². The molecule has 7 aromatic carbocycles. The maximum atomic E-state index is 6.55. The van der Waals surface area contributed by atoms with Gasteiger partial charge in [-0.15, -0.1) is 11.3 Å². The van der Waals surface area contributed by atoms with Gasteiger partial charge in [0, 0.05) is 49.0 Å². The molecular weight excluding hydrogens is 643 g/mol. The number of thiophene rings is 1. The highest BCUT2D eigenvalue weighted by Crippen LogP contribution is 2.42. The molecular formula is C46H29N3OS. The van der Waals surface area contributed by atoms with E-state index in [1.165, 1.54) is 4.70 Å². The van der Waals surface area contributed by atoms with Gasteiger partial charge in [0.1, 0.15) is 11.2 Å². The molecule has 0 aliphatic carbocycles. The number of anilines is 3. The van der Waals surface area contributed by atoms with Crippen LogP contribution in [0.2, 0.25) is 0 Å². The summed E-state index contributed by atoms with van der Waals surface area (Å²) in [6, 6.07) is 61.2. The molecule has 0 saturated carbocycles. The van der Waals surface area contributed by atoms with Crippen LogP contribution in [0.15, 0.2) is 180 Å². The lowest BCUT2D eigenvalue weighted by molar-refractivity contribution is 0.669. The van der Waals surface area contributed by atoms with Crippen molar-refractivity contribution >= 4 is 70.6 Å². The SMILES string of the molecule is c1ccc(-c2nc(-c3cccc4oc5cc(-c6ccc(N(c7ccccc7)c7ccccc7)cc6)ccc5c34)nc3c2sc2ccccc23)cc1. The van der Waals surface area contributed by atoms with Crippen LogP contribution >= 0.6 is 11.3 Å². The predicted molar refractivity (Wildman–Crippen MR) is 213 cm³/mol. The molecule has 51 heavy (non-hydrogen) atoms. The smallest absolute Gasteiger partial charge is 0.161 e. The Kier molecular flexibility index (Phi) is 6.96. The van der Waals surface area contributed by atoms with E-state index in [1.807, 2.05) is 30.3 Å². The van der Waals surface area contributed by atoms with Gasteiger partial charge in [-0.25, -0.2) is 9.97 Å². The van der Waals surface area contributed by atoms with Crippen LogP contribution in [0.4, 0.5) is 17.1 Å². The Labute approximate surface area is 298 Å². The molecule has 0 unspecified atom stereocenters. The molecule has 5 heteroatoms. The monoisotopic (exact) mass is 671 g/mol. The fraction of sp³-hybridized carbons (Fsp3) is 0. The zero-order valence-corrected chi connectivity index (χ0v) is 28.2. The van der Waals surface area contributed by atoms with E-state index in [4.69, 9.17) is 14.4 Å². The highest BCUT2D eigenvalue weighted by molar-refractivity contribution is 7.26. The Morgan fingerprint density at radius 2 is 1.12 bits per heavy atom. The number of hydrogen-bond acceptors (Lipinski definition) is 5. The molecule has 3 heterocycles. The lowest BCUT2D eigenvalue weighted by atomic mass is 10.0. The number of rotatable bonds is 6. The Hall–Kier alpha value is -6.56. The highest BCUT2D eigenvalue weighted by Gasteiger charge is 2.20. The number of para-hydroxylation sites is 2. The second-order valence-electron chi connectivity index (χ2n) is 12.6. The summed E-state index contributed by atoms with van der Waals surface area (Å²) in [6.07, 6.45) is 0. The second kappa shape index (κ2) is 12.1. The topological polar surface area (TPSA) is 42.2 Å². The van der Waals surface area contributed by atoms with Gasteiger partial charge >= 0.3 is 0 Å². The van der Waals surface area contributed by atoms with Crippen molar-refractivity contribution in [2.24, 2.45) is 0 Å². The number of furan rings is 1. The average Bonchev–Trinajstić information content (AvgIpc) is 3.77. The Morgan fingerprint density at radius 1 is 0.471 bits per heavy atom. The normalized spacial score (nSPS) is 11.5. The summed E-state index contributed by atoms with van der Waals surface area (Å²) in [6.45, 7) is 0. The van der Waals surface area contributed by atoms with Gasteiger partial charge in [-0.3, -0.25) is 0 Å². The largest absolute Gasteiger partial charge is 0.456 e. The first kappa shape index (κ1) is 29.4. The lowest BCUT2D eigenvalue weighted by Gasteiger charge is -2.25. The quantitative estimate of drug-likeness (QED) is 0.176. The highest BCUT2D eigenvalue weighted by atomic mass is 32.1. The number of hydrogen-bond donors (Lipinski definition) is 0. The Bertz CT molecular complexity index is 2800. The molecule has 10 rings (SSSR count). The van der Waals surface area contributed by atoms with Crippen LogP contribution in [-0.4, -0.2) is 9.97 Å². The molecule has 0 radical (unpaired) electrons. The predicted octanol–water partition coefficient (Wildman–Crippen LogP) is 13.2. The third kappa shape index (κ3) is 5.06. The van der Waals surface area contributed by atoms with E-state index in [9.17, 15) is 0 Å². The van der Waals surface area contributed by atoms with Crippen molar-refractivity contribution in [1.82, 2.24) is 9.97 Å². The number of nitrogens with zero attached hydrogens (tertiary/aromatic N) is 3. The third-order valence-corrected chi connectivity index (χ3v) is 10.7. The molecule has 0 N–H and O–H groups in total. The molecule has 0 bridgehead atoms. The summed E-state index contributed by atoms with van der Waals surface area (Å²) >= 11 is 1.75. The molecule has 240 valence electrons. The van der Waals surface area contributed by atoms with Crippen LogP contribution in [0.1, 0.15) is 0 Å². The van der Waals surface area contributed by atoms with E-state index in [-0.39, 0.29) is 0 Å². The zero-order chi connectivity index (χ0) is 33.7. The van der Waals surface area contributed by atoms with Crippen LogP contribution in [-0.2, 0) is 0 Å². The Morgan fingerprint density at radius 3 is 1.86 bits per heavy atom. The summed E-state index contributed by atoms with van der Waals surface area (Å²) < 4.78 is 8.85. The number of benzene rings is 7. The van der Waals surface area contributed by atoms with Gasteiger partial charge in [-0.2, -0.15) is 0 Å². The maximum Gasteiger partial charge on any atom is 0.161 e. The number of fused-ring (bicyclic) bond motifs is 6. The van der Waals surface area contributed by atoms with Crippen molar-refractivity contribution in [3.05, 3.63) is 176 Å². The zero-order valence-electron chi connectivity index (χ0n) is 27.4. The van der Waals surface area contributed by atoms with E-state index in [0.29, 0.717) is 5.82 Å². The molecule has 0 saturated heterocycles. The lowest BCUT2D eigenvalue weighted by Crippen LogP contribution is -2.09. The first-order valence-electron chi connectivity index (χ1n) is 17.0. The molecule has 0 amide bonds. The standard InChI is InChI=1S/C46H29N3OS/c1-4-13-31(14-5-1)43-45-44(37-19-10-11-22-41(37)51-45)48-46(47-43)38-20-12-21-39-42(38)36-28-25-32(29-40(36)50-39)30-23-26-35(27-24-30)49(33-15-6-2-7-16-33)34-17-8-3-9-18-34/h1-29H. The van der Waals surface area contributed by atoms with Crippen molar-refractivity contribution in [2.45, 2.75) is 0 Å². The van der Waals surface area contributed by atoms with Crippen molar-refractivity contribution in [1.29, 1.82) is 0 Å². The first-order chi connectivity index (χ1) is 25.3. The summed E-state index contributed by atoms with van der Waals surface area (Å²) in [4.78, 5) is 12.8. The van der Waals surface area contributed by atoms with Crippen molar-refractivity contribution < 1.29 is 4.42 Å². The molecule has 0 fully saturated rings. The minimum Gasteiger partial charge on any atom is -0.456 e. The maximum absolute atomic E-state index is 6.55. The summed E-state index contributed by atoms with van der Waals surface area (Å²) in [5.74, 6) is 0.694. The van der Waals surface area contributed by atoms with Crippen LogP contribution in [0.5, 0.6) is 0 Å². The van der Waals surface area contributed by atoms with E-state index in [2.05, 4.69) is 150 Å². The molecule has 3 aromatic heterocycles. The van der Waals surface area contributed by atoms with Crippen molar-refractivity contribution in [3.63, 3.8) is 0 Å². The van der Waals surface area contributed by atoms with E-state index in [0.717, 1.165) is 82.6 Å². The van der Waals surface area contributed by atoms with Crippen LogP contribution in [0.25, 0.3) is 76.0 Å². The van der Waals surface area contributed by atoms with Gasteiger partial charge in [0.15, 0.2) is 5.82 Å². The first-order valence-corrected chi connectivity index (χ1v) is 17.8. The Balaban J connectivity index is 1.08. The summed E-state index contributed by atoms with van der Waals surface area (Å²) in [5.41, 5.74) is 11.1. The molecule has 0 spiro atoms. The van der Waals surface area contributed by atoms with Gasteiger partial charge in [0.05, 0.1) is 15.9 Å². The molecule has 0 aliphatic heterocycles. The number of aromatic nitrogens is 2. The fourth-order valence-corrected chi connectivity index (χ4v) is 8.25. The van der Waals surface area contributed by atoms with Gasteiger partial charge in [-0.1, -0.05) is 115 Å². The molecule has 4 nitrogen and oxygen atoms in total. The van der Waals surface area contributed by atoms with E-state index < -0.39 is 0 Å². The van der Waals surface area contributed by atoms with E-state index >= 15 is 0 Å². The second-order valence-corrected chi connectivity index (χ2v) is 13.6. The minimum atomic E-state index is 0.694. The summed E-state index contributed by atoms with van der Waals surface area (Å²) in [7, 11) is 0. The van der Waals surface area contributed by atoms with Gasteiger partial charge in [0.2, 0.25) is 0 Å². The van der Waals surface area contributed by atoms with Crippen molar-refractivity contribution in [3.8, 4) is 33.8 Å². The fourth-order valence-electron chi connectivity index (χ4n) is 7.10. The summed E-state index contributed by atoms with van der Waals surface area (Å²) in [5, 5.41) is 3.21. The van der Waals surface area contributed by atoms with Gasteiger partial charge in [0.25, 0.3) is 0 Å². The third-order valence-electron chi connectivity index (χ3n) is 9.49. The molecule has 10 aromatic rings. The van der Waals surface area contributed by atoms with Gasteiger partial charge < -0.3 is 9.32 Å². The van der Waals surface area contributed by atoms with Crippen molar-refractivity contribution in [2.75, 3.05) is 4.90 Å². The molecule has 0 aliphatic rings. The molecule has 0 atom stereocenters. The minimum absolute atomic E-state index is 0.694. The van der Waals surface area contributed by atoms with E-state index in [1.54, 1.807) is 11.3 Å². The van der Waals surface area contributed by atoms with Crippen LogP contribution in [0.3, 0.4) is 0 Å².